The minimum absolute atomic E-state index is 0.0834. The van der Waals surface area contributed by atoms with E-state index in [-0.39, 0.29) is 17.2 Å². The lowest BCUT2D eigenvalue weighted by molar-refractivity contribution is -0.143. The molecule has 3 rings (SSSR count). The highest BCUT2D eigenvalue weighted by Gasteiger charge is 2.29. The van der Waals surface area contributed by atoms with Gasteiger partial charge in [0.05, 0.1) is 17.0 Å². The van der Waals surface area contributed by atoms with Crippen molar-refractivity contribution >= 4 is 33.5 Å². The van der Waals surface area contributed by atoms with Gasteiger partial charge in [0, 0.05) is 19.5 Å². The molecule has 0 aromatic heterocycles. The Labute approximate surface area is 145 Å². The van der Waals surface area contributed by atoms with Gasteiger partial charge in [0.25, 0.3) is 5.91 Å². The summed E-state index contributed by atoms with van der Waals surface area (Å²) in [6.07, 6.45) is 1.48. The van der Waals surface area contributed by atoms with E-state index < -0.39 is 28.5 Å². The number of nitrogens with zero attached hydrogens (tertiary/aromatic N) is 2. The summed E-state index contributed by atoms with van der Waals surface area (Å²) in [5.74, 6) is -1.46. The number of hydrogen-bond donors (Lipinski definition) is 0. The van der Waals surface area contributed by atoms with Crippen LogP contribution in [-0.4, -0.2) is 56.6 Å². The third-order valence-electron chi connectivity index (χ3n) is 4.17. The number of ether oxygens (including phenoxy) is 1. The summed E-state index contributed by atoms with van der Waals surface area (Å²) < 4.78 is 30.2. The van der Waals surface area contributed by atoms with Crippen LogP contribution in [0.2, 0.25) is 0 Å². The van der Waals surface area contributed by atoms with E-state index in [9.17, 15) is 22.8 Å². The van der Waals surface area contributed by atoms with Crippen molar-refractivity contribution in [3.8, 4) is 0 Å². The smallest absolute Gasteiger partial charge is 0.338 e. The largest absolute Gasteiger partial charge is 0.452 e. The second-order valence-corrected chi connectivity index (χ2v) is 7.92. The number of carbonyl (C=O) groups excluding carboxylic acids is 3. The number of likely N-dealkylation sites (tertiary alicyclic amines) is 1. The Morgan fingerprint density at radius 3 is 2.60 bits per heavy atom. The van der Waals surface area contributed by atoms with Crippen molar-refractivity contribution in [2.45, 2.75) is 19.3 Å². The Morgan fingerprint density at radius 2 is 1.96 bits per heavy atom. The Kier molecular flexibility index (Phi) is 4.76. The lowest BCUT2D eigenvalue weighted by Gasteiger charge is -2.17. The van der Waals surface area contributed by atoms with Gasteiger partial charge in [0.15, 0.2) is 6.61 Å². The molecule has 0 aliphatic carbocycles. The van der Waals surface area contributed by atoms with Gasteiger partial charge in [-0.05, 0) is 31.0 Å². The first kappa shape index (κ1) is 17.4. The van der Waals surface area contributed by atoms with Gasteiger partial charge in [-0.3, -0.25) is 18.8 Å². The highest BCUT2D eigenvalue weighted by Crippen LogP contribution is 2.25. The van der Waals surface area contributed by atoms with Crippen molar-refractivity contribution in [3.05, 3.63) is 29.8 Å². The predicted octanol–water partition coefficient (Wildman–Crippen LogP) is 0.532. The fraction of sp³-hybridized carbons (Fsp3) is 0.438. The Bertz CT molecular complexity index is 820. The maximum Gasteiger partial charge on any atom is 0.338 e. The van der Waals surface area contributed by atoms with Gasteiger partial charge in [-0.1, -0.05) is 6.07 Å². The molecule has 1 aromatic carbocycles. The van der Waals surface area contributed by atoms with Gasteiger partial charge in [-0.15, -0.1) is 0 Å². The highest BCUT2D eigenvalue weighted by atomic mass is 32.2. The van der Waals surface area contributed by atoms with Crippen LogP contribution in [0.15, 0.2) is 24.3 Å². The molecule has 25 heavy (non-hydrogen) atoms. The van der Waals surface area contributed by atoms with Crippen LogP contribution in [0.3, 0.4) is 0 Å². The van der Waals surface area contributed by atoms with E-state index in [2.05, 4.69) is 0 Å². The van der Waals surface area contributed by atoms with Crippen LogP contribution in [0.25, 0.3) is 0 Å². The van der Waals surface area contributed by atoms with Gasteiger partial charge in [0.1, 0.15) is 0 Å². The molecule has 134 valence electrons. The van der Waals surface area contributed by atoms with Crippen LogP contribution in [0.1, 0.15) is 29.6 Å². The van der Waals surface area contributed by atoms with Crippen molar-refractivity contribution in [1.29, 1.82) is 0 Å². The maximum absolute atomic E-state index is 12.1. The molecular weight excluding hydrogens is 348 g/mol. The molecule has 2 amide bonds. The number of imide groups is 1. The molecule has 2 fully saturated rings. The summed E-state index contributed by atoms with van der Waals surface area (Å²) in [6.45, 7) is 0.199. The topological polar surface area (TPSA) is 101 Å². The first-order valence-corrected chi connectivity index (χ1v) is 9.60. The summed E-state index contributed by atoms with van der Waals surface area (Å²) in [5, 5.41) is 0. The predicted molar refractivity (Wildman–Crippen MR) is 88.4 cm³/mol. The minimum atomic E-state index is -3.34. The van der Waals surface area contributed by atoms with Crippen molar-refractivity contribution < 1.29 is 27.5 Å². The van der Waals surface area contributed by atoms with Crippen molar-refractivity contribution in [3.63, 3.8) is 0 Å². The molecule has 0 N–H and O–H groups in total. The van der Waals surface area contributed by atoms with Gasteiger partial charge >= 0.3 is 5.97 Å². The molecule has 1 aromatic rings. The summed E-state index contributed by atoms with van der Waals surface area (Å²) in [4.78, 5) is 36.6. The van der Waals surface area contributed by atoms with E-state index in [1.165, 1.54) is 16.4 Å². The zero-order valence-corrected chi connectivity index (χ0v) is 14.3. The van der Waals surface area contributed by atoms with E-state index in [1.54, 1.807) is 12.1 Å². The Hall–Kier alpha value is -2.42. The summed E-state index contributed by atoms with van der Waals surface area (Å²) >= 11 is 0. The number of hydrogen-bond acceptors (Lipinski definition) is 6. The maximum atomic E-state index is 12.1. The summed E-state index contributed by atoms with van der Waals surface area (Å²) in [5.41, 5.74) is 0.549. The van der Waals surface area contributed by atoms with Crippen LogP contribution < -0.4 is 4.31 Å². The van der Waals surface area contributed by atoms with Gasteiger partial charge in [-0.25, -0.2) is 13.2 Å². The molecule has 9 heteroatoms. The SMILES string of the molecule is O=C(OCC(=O)N1CCCC1=O)c1cccc(N2CCCS2(=O)=O)c1. The zero-order chi connectivity index (χ0) is 18.0. The Balaban J connectivity index is 1.66. The van der Waals surface area contributed by atoms with E-state index in [0.717, 1.165) is 4.90 Å². The number of carbonyl (C=O) groups is 3. The van der Waals surface area contributed by atoms with E-state index in [1.807, 2.05) is 0 Å². The van der Waals surface area contributed by atoms with Crippen molar-refractivity contribution in [2.75, 3.05) is 29.8 Å². The number of sulfonamides is 1. The fourth-order valence-corrected chi connectivity index (χ4v) is 4.47. The first-order chi connectivity index (χ1) is 11.9. The molecule has 0 spiro atoms. The second kappa shape index (κ2) is 6.83. The molecule has 0 unspecified atom stereocenters. The molecule has 0 radical (unpaired) electrons. The zero-order valence-electron chi connectivity index (χ0n) is 13.5. The van der Waals surface area contributed by atoms with Crippen LogP contribution in [0.4, 0.5) is 5.69 Å². The van der Waals surface area contributed by atoms with Crippen LogP contribution >= 0.6 is 0 Å². The third-order valence-corrected chi connectivity index (χ3v) is 6.04. The van der Waals surface area contributed by atoms with Gasteiger partial charge in [0.2, 0.25) is 15.9 Å². The number of anilines is 1. The van der Waals surface area contributed by atoms with Gasteiger partial charge < -0.3 is 4.74 Å². The quantitative estimate of drug-likeness (QED) is 0.721. The lowest BCUT2D eigenvalue weighted by Crippen LogP contribution is -2.35. The summed E-state index contributed by atoms with van der Waals surface area (Å²) in [6, 6.07) is 6.08. The molecule has 0 atom stereocenters. The normalized spacial score (nSPS) is 19.3. The van der Waals surface area contributed by atoms with E-state index >= 15 is 0 Å². The number of rotatable bonds is 4. The fourth-order valence-electron chi connectivity index (χ4n) is 2.92. The average molecular weight is 366 g/mol. The molecule has 8 nitrogen and oxygen atoms in total. The Morgan fingerprint density at radius 1 is 1.16 bits per heavy atom. The van der Waals surface area contributed by atoms with Crippen LogP contribution in [-0.2, 0) is 24.3 Å². The highest BCUT2D eigenvalue weighted by molar-refractivity contribution is 7.93. The number of benzene rings is 1. The monoisotopic (exact) mass is 366 g/mol. The first-order valence-electron chi connectivity index (χ1n) is 7.99. The van der Waals surface area contributed by atoms with Crippen molar-refractivity contribution in [1.82, 2.24) is 4.90 Å². The lowest BCUT2D eigenvalue weighted by atomic mass is 10.2. The molecule has 2 heterocycles. The molecule has 2 saturated heterocycles. The standard InChI is InChI=1S/C16H18N2O6S/c19-14-6-2-7-17(14)15(20)11-24-16(21)12-4-1-5-13(10-12)18-8-3-9-25(18,22)23/h1,4-5,10H,2-3,6-9,11H2. The van der Waals surface area contributed by atoms with Crippen LogP contribution in [0.5, 0.6) is 0 Å². The average Bonchev–Trinajstić information content (AvgIpc) is 3.17. The second-order valence-electron chi connectivity index (χ2n) is 5.91. The van der Waals surface area contributed by atoms with Gasteiger partial charge in [-0.2, -0.15) is 0 Å². The number of esters is 1. The molecule has 2 aliphatic rings. The summed E-state index contributed by atoms with van der Waals surface area (Å²) in [7, 11) is -3.34. The van der Waals surface area contributed by atoms with E-state index in [4.69, 9.17) is 4.74 Å². The molecule has 0 bridgehead atoms. The number of amides is 2. The minimum Gasteiger partial charge on any atom is -0.452 e. The molecule has 2 aliphatic heterocycles. The third kappa shape index (κ3) is 3.65. The van der Waals surface area contributed by atoms with E-state index in [0.29, 0.717) is 38.0 Å². The molecular formula is C16H18N2O6S. The molecule has 0 saturated carbocycles. The van der Waals surface area contributed by atoms with Crippen molar-refractivity contribution in [2.24, 2.45) is 0 Å². The van der Waals surface area contributed by atoms with Crippen LogP contribution in [0, 0.1) is 0 Å².